The minimum absolute atomic E-state index is 0.0121. The number of phosphoric ester groups is 1. The predicted octanol–water partition coefficient (Wildman–Crippen LogP) is 7.14. The Balaban J connectivity index is 5.03. The Morgan fingerprint density at radius 2 is 0.692 bits per heavy atom. The van der Waals surface area contributed by atoms with Crippen LogP contribution in [0, 0.1) is 10.2 Å². The number of phosphoric acid groups is 1. The molecule has 0 aliphatic carbocycles. The molecule has 0 heterocycles. The van der Waals surface area contributed by atoms with E-state index in [1.807, 2.05) is 4.97 Å². The number of aliphatic carboxylic acids is 4. The van der Waals surface area contributed by atoms with Gasteiger partial charge in [-0.05, 0) is 89.9 Å². The fraction of sp³-hybridized carbons (Fsp3) is 0.711. The van der Waals surface area contributed by atoms with Crippen LogP contribution in [-0.4, -0.2) is 295 Å². The molecule has 0 aromatic rings. The van der Waals surface area contributed by atoms with Gasteiger partial charge in [-0.1, -0.05) is 141 Å². The van der Waals surface area contributed by atoms with Gasteiger partial charge in [0, 0.05) is 77.2 Å². The quantitative estimate of drug-likeness (QED) is 0.00950. The summed E-state index contributed by atoms with van der Waals surface area (Å²) in [6, 6.07) is 0. The van der Waals surface area contributed by atoms with Crippen LogP contribution in [0.3, 0.4) is 0 Å². The Hall–Kier alpha value is -10.3. The first kappa shape index (κ1) is 123. The van der Waals surface area contributed by atoms with Crippen LogP contribution in [0.5, 0.6) is 0 Å². The number of ketones is 6. The van der Waals surface area contributed by atoms with Crippen LogP contribution >= 0.6 is 7.82 Å². The van der Waals surface area contributed by atoms with Crippen LogP contribution in [0.2, 0.25) is 5.32 Å². The molecule has 0 saturated heterocycles. The summed E-state index contributed by atoms with van der Waals surface area (Å²) >= 11 is -0.587. The van der Waals surface area contributed by atoms with Gasteiger partial charge in [-0.15, -0.1) is 0 Å². The Kier molecular flexibility index (Phi) is 72.9. The summed E-state index contributed by atoms with van der Waals surface area (Å²) < 4.78 is 34.3. The van der Waals surface area contributed by atoms with Crippen LogP contribution in [0.1, 0.15) is 296 Å². The van der Waals surface area contributed by atoms with Gasteiger partial charge in [-0.3, -0.25) is 85.8 Å². The zero-order valence-corrected chi connectivity index (χ0v) is 80.1. The largest absolute Gasteiger partial charge is 0.456 e. The molecule has 10 N–H and O–H groups in total. The summed E-state index contributed by atoms with van der Waals surface area (Å²) in [6.07, 6.45) is 32.2. The molecule has 9 amide bonds. The SMILES string of the molecule is CCCCCCCC/C=C\CCCCCCCC(=O)OCC(COP(=O)(O)OCCCC(=O)CCCCC(=O)NCC(=O)CCC(=O)N(CC(=O)O)CC(=O)NCC(=O)CCC(=O)N(CC(=O)O)CC(=O)CCCNC(=O)CN(CC(=O)O)C(=O)CNC(=O)CCC(=O)CN(CC(=O)O)C(=O)CNC(=O)CCC(=O)C[Se]C#N)OC(=O)CCCCCCC/C=C\CCCCCCCC. The molecule has 2 atom stereocenters. The number of amides is 9. The van der Waals surface area contributed by atoms with Gasteiger partial charge in [0.05, 0.1) is 39.4 Å². The van der Waals surface area contributed by atoms with E-state index >= 15 is 0 Å². The standard InChI is InChI=1S/C90H143N10O31PSe/c1-3-5-7-9-11-13-15-17-19-21-23-25-27-29-31-41-89(124)128-65-75(131-90(125)42-32-30-28-26-24-22-20-18-16-14-12-10-8-6-4-2)66-130-132(126,127)129-52-36-39-69(101)37-33-34-40-76(107)93-53-70(102)46-50-82(113)99(63-87(120)121)60-80(111)94-54-71(103)45-49-81(112)97(61-85(116)117)57-72(104)38-35-51-92-79(110)59-100(64-88(122)123)84(115)56-96-77(108)47-43-73(105)58-98(62-86(118)119)83(114)55-95-78(109)48-44-74(106)67-133-68-91/h17-20,75H,3-16,21-67H2,1-2H3,(H,92,110)(H,93,107)(H,94,111)(H,95,109)(H,96,108)(H,116,117)(H,118,119)(H,120,121)(H,122,123)(H,126,127)/b19-17-,20-18-. The van der Waals surface area contributed by atoms with Crippen LogP contribution < -0.4 is 26.6 Å². The van der Waals surface area contributed by atoms with Crippen molar-refractivity contribution >= 4 is 146 Å². The molecule has 0 fully saturated rings. The average molecular weight is 1970 g/mol. The first-order valence-corrected chi connectivity index (χ1v) is 49.7. The van der Waals surface area contributed by atoms with Crippen LogP contribution in [0.15, 0.2) is 24.3 Å². The van der Waals surface area contributed by atoms with Crippen molar-refractivity contribution in [1.29, 1.82) is 5.26 Å². The second kappa shape index (κ2) is 79.1. The normalized spacial score (nSPS) is 11.7. The molecule has 0 aliphatic heterocycles. The maximum Gasteiger partial charge on any atom is 0.306 e. The predicted molar refractivity (Wildman–Crippen MR) is 483 cm³/mol. The zero-order valence-electron chi connectivity index (χ0n) is 77.5. The third-order valence-corrected chi connectivity index (χ3v) is 22.3. The Labute approximate surface area is 785 Å². The molecule has 0 aromatic heterocycles. The molecule has 0 bridgehead atoms. The van der Waals surface area contributed by atoms with Crippen molar-refractivity contribution in [2.24, 2.45) is 0 Å². The average Bonchev–Trinajstić information content (AvgIpc) is 0.913. The number of carbonyl (C=O) groups excluding carboxylic acids is 17. The van der Waals surface area contributed by atoms with Crippen molar-refractivity contribution in [2.45, 2.75) is 308 Å². The molecule has 750 valence electrons. The second-order valence-electron chi connectivity index (χ2n) is 32.1. The smallest absolute Gasteiger partial charge is 0.306 e. The van der Waals surface area contributed by atoms with E-state index in [1.165, 1.54) is 77.0 Å². The summed E-state index contributed by atoms with van der Waals surface area (Å²) in [6.45, 7) is -7.47. The van der Waals surface area contributed by atoms with Crippen molar-refractivity contribution in [3.63, 3.8) is 0 Å². The van der Waals surface area contributed by atoms with E-state index in [4.69, 9.17) is 23.8 Å². The van der Waals surface area contributed by atoms with Gasteiger partial charge in [0.2, 0.25) is 41.4 Å². The minimum atomic E-state index is -4.75. The number of rotatable bonds is 88. The number of nitrogens with one attached hydrogen (secondary N) is 5. The molecular weight excluding hydrogens is 1830 g/mol. The zero-order chi connectivity index (χ0) is 99.3. The molecule has 0 radical (unpaired) electrons. The monoisotopic (exact) mass is 1970 g/mol. The summed E-state index contributed by atoms with van der Waals surface area (Å²) in [5.74, 6) is -19.0. The van der Waals surface area contributed by atoms with Crippen LogP contribution in [0.4, 0.5) is 0 Å². The second-order valence-corrected chi connectivity index (χ2v) is 35.2. The van der Waals surface area contributed by atoms with Gasteiger partial charge in [0.15, 0.2) is 23.5 Å². The number of unbranched alkanes of at least 4 members (excludes halogenated alkanes) is 23. The maximum atomic E-state index is 13.1. The van der Waals surface area contributed by atoms with Crippen molar-refractivity contribution in [3.8, 4) is 4.97 Å². The molecule has 0 aromatic carbocycles. The van der Waals surface area contributed by atoms with E-state index in [-0.39, 0.29) is 107 Å². The van der Waals surface area contributed by atoms with E-state index in [0.29, 0.717) is 32.4 Å². The number of hydrogen-bond donors (Lipinski definition) is 10. The van der Waals surface area contributed by atoms with Gasteiger partial charge in [0.1, 0.15) is 45.1 Å². The number of carboxylic acid groups (broad SMARTS) is 4. The topological polar surface area (TPSA) is 611 Å². The van der Waals surface area contributed by atoms with E-state index in [2.05, 4.69) is 64.7 Å². The molecule has 0 saturated carbocycles. The molecule has 43 heteroatoms. The first-order valence-electron chi connectivity index (χ1n) is 46.2. The number of ether oxygens (including phenoxy) is 2. The van der Waals surface area contributed by atoms with Gasteiger partial charge >= 0.3 is 176 Å². The molecule has 0 spiro atoms. The summed E-state index contributed by atoms with van der Waals surface area (Å²) in [7, 11) is -4.75. The van der Waals surface area contributed by atoms with E-state index in [9.17, 15) is 131 Å². The van der Waals surface area contributed by atoms with Crippen molar-refractivity contribution in [3.05, 3.63) is 24.3 Å². The van der Waals surface area contributed by atoms with Crippen molar-refractivity contribution in [1.82, 2.24) is 46.2 Å². The summed E-state index contributed by atoms with van der Waals surface area (Å²) in [5, 5.41) is 57.4. The van der Waals surface area contributed by atoms with E-state index in [0.717, 1.165) is 77.0 Å². The van der Waals surface area contributed by atoms with E-state index < -0.39 is 271 Å². The van der Waals surface area contributed by atoms with Crippen molar-refractivity contribution < 1.29 is 149 Å². The number of hydrogen-bond acceptors (Lipinski definition) is 27. The minimum Gasteiger partial charge on any atom is -0.456 e. The van der Waals surface area contributed by atoms with Gasteiger partial charge < -0.3 is 65.7 Å². The number of carbonyl (C=O) groups is 21. The Bertz CT molecular complexity index is 3820. The Morgan fingerprint density at radius 1 is 0.338 bits per heavy atom. The fourth-order valence-electron chi connectivity index (χ4n) is 12.7. The molecule has 0 rings (SSSR count). The van der Waals surface area contributed by atoms with E-state index in [1.54, 1.807) is 0 Å². The van der Waals surface area contributed by atoms with Crippen LogP contribution in [0.25, 0.3) is 0 Å². The molecular formula is C90H143N10O31PSe. The van der Waals surface area contributed by atoms with Gasteiger partial charge in [-0.25, -0.2) is 4.57 Å². The molecule has 133 heavy (non-hydrogen) atoms. The first-order chi connectivity index (χ1) is 63.5. The number of allylic oxidation sites excluding steroid dienone is 4. The maximum absolute atomic E-state index is 13.1. The number of nitriles is 1. The number of nitrogens with zero attached hydrogens (tertiary/aromatic N) is 5. The fourth-order valence-corrected chi connectivity index (χ4v) is 14.3. The summed E-state index contributed by atoms with van der Waals surface area (Å²) in [4.78, 5) is 277. The van der Waals surface area contributed by atoms with Crippen molar-refractivity contribution in [2.75, 3.05) is 105 Å². The van der Waals surface area contributed by atoms with Gasteiger partial charge in [0.25, 0.3) is 0 Å². The third kappa shape index (κ3) is 74.8. The third-order valence-electron chi connectivity index (χ3n) is 20.1. The molecule has 2 unspecified atom stereocenters. The molecule has 41 nitrogen and oxygen atoms in total. The van der Waals surface area contributed by atoms with Gasteiger partial charge in [-0.2, -0.15) is 0 Å². The number of esters is 2. The summed E-state index contributed by atoms with van der Waals surface area (Å²) in [5.41, 5.74) is 0. The van der Waals surface area contributed by atoms with Crippen LogP contribution in [-0.2, 0) is 124 Å². The number of carboxylic acids is 4. The Morgan fingerprint density at radius 3 is 1.16 bits per heavy atom. The number of Topliss-reactive ketones (excluding diaryl/α,β-unsaturated/α-hetero) is 6. The molecule has 0 aliphatic rings.